The predicted molar refractivity (Wildman–Crippen MR) is 162 cm³/mol. The minimum absolute atomic E-state index is 0.100. The van der Waals surface area contributed by atoms with Gasteiger partial charge in [-0.15, -0.1) is 0 Å². The van der Waals surface area contributed by atoms with Gasteiger partial charge in [0.05, 0.1) is 17.3 Å². The Labute approximate surface area is 250 Å². The summed E-state index contributed by atoms with van der Waals surface area (Å²) in [4.78, 5) is 58.4. The van der Waals surface area contributed by atoms with E-state index in [4.69, 9.17) is 0 Å². The minimum Gasteiger partial charge on any atom is -0.508 e. The van der Waals surface area contributed by atoms with Crippen molar-refractivity contribution in [3.05, 3.63) is 119 Å². The summed E-state index contributed by atoms with van der Waals surface area (Å²) >= 11 is 0. The maximum atomic E-state index is 14.9. The SMILES string of the molecule is CCCN1C(=O)C2CC=C3C(CC4C(=O)C(c5ccccc5)=CC(=O)C4(c4ccccc4)C3c3ccc(O)cc3)C2C1=O. The summed E-state index contributed by atoms with van der Waals surface area (Å²) in [5.74, 6) is -3.20. The van der Waals surface area contributed by atoms with Gasteiger partial charge in [-0.05, 0) is 60.1 Å². The highest BCUT2D eigenvalue weighted by atomic mass is 16.3. The number of amides is 2. The number of fused-ring (bicyclic) bond motifs is 4. The van der Waals surface area contributed by atoms with Gasteiger partial charge in [0.15, 0.2) is 11.6 Å². The highest BCUT2D eigenvalue weighted by Crippen LogP contribution is 2.63. The van der Waals surface area contributed by atoms with E-state index in [1.807, 2.05) is 79.7 Å². The van der Waals surface area contributed by atoms with Gasteiger partial charge >= 0.3 is 0 Å². The molecule has 3 aliphatic carbocycles. The molecule has 6 atom stereocenters. The number of rotatable bonds is 5. The molecule has 3 aromatic rings. The van der Waals surface area contributed by atoms with Crippen molar-refractivity contribution in [2.45, 2.75) is 37.5 Å². The van der Waals surface area contributed by atoms with E-state index in [0.717, 1.165) is 16.7 Å². The van der Waals surface area contributed by atoms with Crippen LogP contribution in [-0.4, -0.2) is 39.9 Å². The normalized spacial score (nSPS) is 29.9. The number of benzene rings is 3. The number of allylic oxidation sites excluding steroid dienone is 4. The number of hydrogen-bond donors (Lipinski definition) is 1. The zero-order valence-corrected chi connectivity index (χ0v) is 24.0. The van der Waals surface area contributed by atoms with E-state index in [-0.39, 0.29) is 35.0 Å². The molecule has 7 rings (SSSR count). The smallest absolute Gasteiger partial charge is 0.233 e. The number of carbonyl (C=O) groups is 4. The average Bonchev–Trinajstić information content (AvgIpc) is 3.28. The van der Waals surface area contributed by atoms with Crippen molar-refractivity contribution in [1.29, 1.82) is 0 Å². The van der Waals surface area contributed by atoms with Gasteiger partial charge in [0.2, 0.25) is 11.8 Å². The lowest BCUT2D eigenvalue weighted by Gasteiger charge is -2.55. The molecule has 1 heterocycles. The van der Waals surface area contributed by atoms with Crippen LogP contribution in [0.4, 0.5) is 0 Å². The van der Waals surface area contributed by atoms with Crippen LogP contribution in [0.15, 0.2) is 103 Å². The van der Waals surface area contributed by atoms with Crippen molar-refractivity contribution in [1.82, 2.24) is 4.90 Å². The lowest BCUT2D eigenvalue weighted by Crippen LogP contribution is -2.58. The Hall–Kier alpha value is -4.58. The van der Waals surface area contributed by atoms with Crippen molar-refractivity contribution >= 4 is 29.0 Å². The Morgan fingerprint density at radius 2 is 1.51 bits per heavy atom. The van der Waals surface area contributed by atoms with Crippen LogP contribution in [0.25, 0.3) is 5.57 Å². The van der Waals surface area contributed by atoms with Crippen LogP contribution in [0, 0.1) is 23.7 Å². The fraction of sp³-hybridized carbons (Fsp3) is 0.297. The first-order valence-electron chi connectivity index (χ1n) is 15.1. The van der Waals surface area contributed by atoms with E-state index < -0.39 is 29.1 Å². The molecule has 1 saturated carbocycles. The summed E-state index contributed by atoms with van der Waals surface area (Å²) in [6.07, 6.45) is 4.98. The molecule has 1 N–H and O–H groups in total. The van der Waals surface area contributed by atoms with Crippen LogP contribution < -0.4 is 0 Å². The third-order valence-corrected chi connectivity index (χ3v) is 10.1. The van der Waals surface area contributed by atoms with E-state index >= 15 is 0 Å². The van der Waals surface area contributed by atoms with Crippen LogP contribution in [0.3, 0.4) is 0 Å². The van der Waals surface area contributed by atoms with Crippen LogP contribution in [0.1, 0.15) is 48.8 Å². The fourth-order valence-electron chi connectivity index (χ4n) is 8.43. The molecule has 1 aliphatic heterocycles. The standard InChI is InChI=1S/C37H33NO5/c1-2-19-38-35(42)27-18-17-26-29(32(27)36(38)43)20-30-34(41)28(22-9-5-3-6-10-22)21-31(40)37(30,24-11-7-4-8-12-24)33(26)23-13-15-25(39)16-14-23/h3-17,21,27,29-30,32-33,39H,2,18-20H2,1H3. The van der Waals surface area contributed by atoms with Gasteiger partial charge in [0, 0.05) is 24.0 Å². The maximum absolute atomic E-state index is 14.9. The second-order valence-corrected chi connectivity index (χ2v) is 12.2. The molecule has 0 spiro atoms. The van der Waals surface area contributed by atoms with Gasteiger partial charge in [0.25, 0.3) is 0 Å². The molecule has 216 valence electrons. The topological polar surface area (TPSA) is 91.8 Å². The fourth-order valence-corrected chi connectivity index (χ4v) is 8.43. The van der Waals surface area contributed by atoms with Gasteiger partial charge < -0.3 is 5.11 Å². The van der Waals surface area contributed by atoms with Crippen molar-refractivity contribution in [2.24, 2.45) is 23.7 Å². The molecule has 3 aromatic carbocycles. The average molecular weight is 572 g/mol. The number of Topliss-reactive ketones (excluding diaryl/α,β-unsaturated/α-hetero) is 1. The van der Waals surface area contributed by atoms with Crippen molar-refractivity contribution in [2.75, 3.05) is 6.54 Å². The first-order valence-corrected chi connectivity index (χ1v) is 15.1. The summed E-state index contributed by atoms with van der Waals surface area (Å²) in [6, 6.07) is 25.6. The maximum Gasteiger partial charge on any atom is 0.233 e. The molecule has 43 heavy (non-hydrogen) atoms. The third kappa shape index (κ3) is 3.92. The molecule has 6 heteroatoms. The summed E-state index contributed by atoms with van der Waals surface area (Å²) < 4.78 is 0. The Balaban J connectivity index is 1.49. The molecule has 2 fully saturated rings. The van der Waals surface area contributed by atoms with Gasteiger partial charge in [-0.3, -0.25) is 24.1 Å². The minimum atomic E-state index is -1.25. The number of phenolic OH excluding ortho intramolecular Hbond substituents is 1. The Kier molecular flexibility index (Phi) is 6.53. The molecule has 2 amide bonds. The molecule has 1 saturated heterocycles. The van der Waals surface area contributed by atoms with Crippen molar-refractivity contribution in [3.8, 4) is 5.75 Å². The van der Waals surface area contributed by atoms with E-state index in [2.05, 4.69) is 6.08 Å². The molecule has 0 aromatic heterocycles. The third-order valence-electron chi connectivity index (χ3n) is 10.1. The van der Waals surface area contributed by atoms with Crippen molar-refractivity contribution in [3.63, 3.8) is 0 Å². The van der Waals surface area contributed by atoms with E-state index in [1.165, 1.54) is 11.0 Å². The molecule has 4 aliphatic rings. The number of hydrogen-bond acceptors (Lipinski definition) is 5. The Morgan fingerprint density at radius 3 is 2.19 bits per heavy atom. The number of phenols is 1. The van der Waals surface area contributed by atoms with Crippen LogP contribution >= 0.6 is 0 Å². The lowest BCUT2D eigenvalue weighted by molar-refractivity contribution is -0.140. The number of likely N-dealkylation sites (tertiary alicyclic amines) is 1. The second kappa shape index (κ2) is 10.3. The number of carbonyl (C=O) groups excluding carboxylic acids is 4. The molecule has 0 bridgehead atoms. The summed E-state index contributed by atoms with van der Waals surface area (Å²) in [6.45, 7) is 2.33. The van der Waals surface area contributed by atoms with Gasteiger partial charge in [-0.2, -0.15) is 0 Å². The van der Waals surface area contributed by atoms with Gasteiger partial charge in [-0.1, -0.05) is 91.4 Å². The van der Waals surface area contributed by atoms with Gasteiger partial charge in [0.1, 0.15) is 5.75 Å². The lowest BCUT2D eigenvalue weighted by atomic mass is 9.44. The summed E-state index contributed by atoms with van der Waals surface area (Å²) in [7, 11) is 0. The van der Waals surface area contributed by atoms with E-state index in [1.54, 1.807) is 12.1 Å². The van der Waals surface area contributed by atoms with Crippen molar-refractivity contribution < 1.29 is 24.3 Å². The molecule has 6 unspecified atom stereocenters. The number of aromatic hydroxyl groups is 1. The number of nitrogens with zero attached hydrogens (tertiary/aromatic N) is 1. The highest BCUT2D eigenvalue weighted by Gasteiger charge is 2.65. The molecule has 6 nitrogen and oxygen atoms in total. The predicted octanol–water partition coefficient (Wildman–Crippen LogP) is 5.63. The summed E-state index contributed by atoms with van der Waals surface area (Å²) in [5.41, 5.74) is 2.30. The zero-order chi connectivity index (χ0) is 29.9. The van der Waals surface area contributed by atoms with Gasteiger partial charge in [-0.25, -0.2) is 0 Å². The van der Waals surface area contributed by atoms with Crippen LogP contribution in [-0.2, 0) is 24.6 Å². The quantitative estimate of drug-likeness (QED) is 0.317. The molecular formula is C37H33NO5. The first kappa shape index (κ1) is 27.3. The summed E-state index contributed by atoms with van der Waals surface area (Å²) in [5, 5.41) is 10.2. The largest absolute Gasteiger partial charge is 0.508 e. The van der Waals surface area contributed by atoms with Crippen LogP contribution in [0.2, 0.25) is 0 Å². The first-order chi connectivity index (χ1) is 20.9. The molecular weight excluding hydrogens is 538 g/mol. The molecule has 0 radical (unpaired) electrons. The highest BCUT2D eigenvalue weighted by molar-refractivity contribution is 6.31. The monoisotopic (exact) mass is 571 g/mol. The van der Waals surface area contributed by atoms with E-state index in [9.17, 15) is 24.3 Å². The Bertz CT molecular complexity index is 1690. The second-order valence-electron chi connectivity index (χ2n) is 12.2. The van der Waals surface area contributed by atoms with E-state index in [0.29, 0.717) is 36.9 Å². The zero-order valence-electron chi connectivity index (χ0n) is 24.0. The number of ketones is 2. The van der Waals surface area contributed by atoms with Crippen LogP contribution in [0.5, 0.6) is 5.75 Å². The Morgan fingerprint density at radius 1 is 0.837 bits per heavy atom. The number of imide groups is 1.